The summed E-state index contributed by atoms with van der Waals surface area (Å²) in [6.45, 7) is 3.46. The number of benzene rings is 2. The molecule has 0 heterocycles. The third-order valence-corrected chi connectivity index (χ3v) is 4.50. The maximum Gasteiger partial charge on any atom is 0.341 e. The fourth-order valence-electron chi connectivity index (χ4n) is 2.20. The first kappa shape index (κ1) is 21.3. The zero-order chi connectivity index (χ0) is 20.9. The van der Waals surface area contributed by atoms with Crippen molar-refractivity contribution in [2.45, 2.75) is 24.8 Å². The summed E-state index contributed by atoms with van der Waals surface area (Å²) in [6.07, 6.45) is -1.29. The molecule has 150 valence electrons. The lowest BCUT2D eigenvalue weighted by Gasteiger charge is -2.16. The number of carbonyl (C=O) groups is 2. The van der Waals surface area contributed by atoms with Crippen LogP contribution in [0.3, 0.4) is 0 Å². The van der Waals surface area contributed by atoms with E-state index in [1.54, 1.807) is 31.2 Å². The van der Waals surface area contributed by atoms with Crippen molar-refractivity contribution in [2.24, 2.45) is 5.14 Å². The van der Waals surface area contributed by atoms with Crippen molar-refractivity contribution in [3.8, 4) is 5.75 Å². The number of esters is 1. The van der Waals surface area contributed by atoms with Gasteiger partial charge in [-0.05, 0) is 44.2 Å². The average Bonchev–Trinajstić information content (AvgIpc) is 2.62. The van der Waals surface area contributed by atoms with Gasteiger partial charge in [0.1, 0.15) is 11.6 Å². The summed E-state index contributed by atoms with van der Waals surface area (Å²) in [6, 6.07) is 9.12. The minimum atomic E-state index is -4.14. The van der Waals surface area contributed by atoms with Crippen molar-refractivity contribution in [1.29, 1.82) is 0 Å². The number of amides is 1. The number of primary sulfonamides is 1. The highest BCUT2D eigenvalue weighted by molar-refractivity contribution is 7.89. The average molecular weight is 410 g/mol. The van der Waals surface area contributed by atoms with Crippen LogP contribution in [0.5, 0.6) is 5.75 Å². The topological polar surface area (TPSA) is 125 Å². The molecule has 2 aromatic rings. The Kier molecular flexibility index (Phi) is 6.71. The van der Waals surface area contributed by atoms with E-state index in [1.165, 1.54) is 6.92 Å². The molecule has 1 unspecified atom stereocenters. The molecule has 0 aliphatic heterocycles. The summed E-state index contributed by atoms with van der Waals surface area (Å²) in [5.74, 6) is -2.46. The van der Waals surface area contributed by atoms with Crippen LogP contribution in [0.25, 0.3) is 0 Å². The highest BCUT2D eigenvalue weighted by atomic mass is 32.2. The van der Waals surface area contributed by atoms with E-state index in [-0.39, 0.29) is 0 Å². The van der Waals surface area contributed by atoms with Gasteiger partial charge < -0.3 is 14.8 Å². The molecule has 0 spiro atoms. The number of anilines is 1. The molecule has 0 fully saturated rings. The lowest BCUT2D eigenvalue weighted by Crippen LogP contribution is -2.30. The lowest BCUT2D eigenvalue weighted by molar-refractivity contribution is -0.123. The third kappa shape index (κ3) is 5.27. The number of rotatable bonds is 7. The van der Waals surface area contributed by atoms with Crippen molar-refractivity contribution in [2.75, 3.05) is 11.9 Å². The molecule has 1 amide bonds. The van der Waals surface area contributed by atoms with Crippen LogP contribution in [0.1, 0.15) is 24.2 Å². The highest BCUT2D eigenvalue weighted by Gasteiger charge is 2.23. The number of carbonyl (C=O) groups excluding carboxylic acids is 2. The molecule has 0 aliphatic rings. The van der Waals surface area contributed by atoms with E-state index in [1.807, 2.05) is 0 Å². The second-order valence-electron chi connectivity index (χ2n) is 5.65. The van der Waals surface area contributed by atoms with Gasteiger partial charge in [0.2, 0.25) is 10.0 Å². The van der Waals surface area contributed by atoms with Crippen LogP contribution >= 0.6 is 0 Å². The van der Waals surface area contributed by atoms with E-state index in [2.05, 4.69) is 5.32 Å². The minimum absolute atomic E-state index is 0.375. The normalized spacial score (nSPS) is 12.1. The molecular weight excluding hydrogens is 391 g/mol. The first-order valence-corrected chi connectivity index (χ1v) is 9.74. The fourth-order valence-corrected chi connectivity index (χ4v) is 2.74. The standard InChI is InChI=1S/C18H19FN2O6S/c1-3-26-16-7-5-4-6-15(16)21-17(22)11(2)27-18(23)13-10-12(28(20,24)25)8-9-14(13)19/h4-11H,3H2,1-2H3,(H,21,22)(H2,20,24,25). The Morgan fingerprint density at radius 2 is 1.89 bits per heavy atom. The van der Waals surface area contributed by atoms with Gasteiger partial charge in [-0.3, -0.25) is 4.79 Å². The molecule has 0 radical (unpaired) electrons. The summed E-state index contributed by atoms with van der Waals surface area (Å²) in [5, 5.41) is 7.52. The lowest BCUT2D eigenvalue weighted by atomic mass is 10.2. The summed E-state index contributed by atoms with van der Waals surface area (Å²) in [7, 11) is -4.14. The molecule has 10 heteroatoms. The quantitative estimate of drug-likeness (QED) is 0.673. The summed E-state index contributed by atoms with van der Waals surface area (Å²) < 4.78 is 47.0. The number of halogens is 1. The van der Waals surface area contributed by atoms with Gasteiger partial charge in [-0.2, -0.15) is 0 Å². The molecule has 0 saturated heterocycles. The predicted molar refractivity (Wildman–Crippen MR) is 98.9 cm³/mol. The molecule has 0 aliphatic carbocycles. The first-order chi connectivity index (χ1) is 13.1. The number of ether oxygens (including phenoxy) is 2. The maximum absolute atomic E-state index is 13.9. The van der Waals surface area contributed by atoms with E-state index in [4.69, 9.17) is 14.6 Å². The molecule has 2 rings (SSSR count). The van der Waals surface area contributed by atoms with Crippen molar-refractivity contribution < 1.29 is 31.9 Å². The van der Waals surface area contributed by atoms with Gasteiger partial charge in [0.05, 0.1) is 22.8 Å². The van der Waals surface area contributed by atoms with Crippen LogP contribution < -0.4 is 15.2 Å². The highest BCUT2D eigenvalue weighted by Crippen LogP contribution is 2.24. The number of para-hydroxylation sites is 2. The molecular formula is C18H19FN2O6S. The number of sulfonamides is 1. The SMILES string of the molecule is CCOc1ccccc1NC(=O)C(C)OC(=O)c1cc(S(N)(=O)=O)ccc1F. The maximum atomic E-state index is 13.9. The Labute approximate surface area is 161 Å². The second kappa shape index (κ2) is 8.81. The monoisotopic (exact) mass is 410 g/mol. The molecule has 8 nitrogen and oxygen atoms in total. The fraction of sp³-hybridized carbons (Fsp3) is 0.222. The summed E-state index contributed by atoms with van der Waals surface area (Å²) in [5.41, 5.74) is -0.277. The number of nitrogens with one attached hydrogen (secondary N) is 1. The van der Waals surface area contributed by atoms with Gasteiger partial charge in [0.25, 0.3) is 5.91 Å². The Morgan fingerprint density at radius 1 is 1.21 bits per heavy atom. The zero-order valence-corrected chi connectivity index (χ0v) is 16.0. The van der Waals surface area contributed by atoms with Gasteiger partial charge in [0.15, 0.2) is 6.10 Å². The van der Waals surface area contributed by atoms with E-state index < -0.39 is 44.3 Å². The predicted octanol–water partition coefficient (Wildman–Crippen LogP) is 2.06. The summed E-state index contributed by atoms with van der Waals surface area (Å²) >= 11 is 0. The van der Waals surface area contributed by atoms with Crippen molar-refractivity contribution in [3.63, 3.8) is 0 Å². The zero-order valence-electron chi connectivity index (χ0n) is 15.1. The van der Waals surface area contributed by atoms with Crippen molar-refractivity contribution >= 4 is 27.6 Å². The Hall–Kier alpha value is -2.98. The molecule has 0 bridgehead atoms. The van der Waals surface area contributed by atoms with Crippen LogP contribution in [0.4, 0.5) is 10.1 Å². The third-order valence-electron chi connectivity index (χ3n) is 3.58. The summed E-state index contributed by atoms with van der Waals surface area (Å²) in [4.78, 5) is 24.0. The van der Waals surface area contributed by atoms with E-state index in [0.717, 1.165) is 18.2 Å². The minimum Gasteiger partial charge on any atom is -0.492 e. The van der Waals surface area contributed by atoms with Crippen LogP contribution in [0.15, 0.2) is 47.4 Å². The molecule has 1 atom stereocenters. The smallest absolute Gasteiger partial charge is 0.341 e. The first-order valence-electron chi connectivity index (χ1n) is 8.19. The Balaban J connectivity index is 2.13. The van der Waals surface area contributed by atoms with Crippen LogP contribution in [-0.4, -0.2) is 33.0 Å². The van der Waals surface area contributed by atoms with Crippen LogP contribution in [0, 0.1) is 5.82 Å². The largest absolute Gasteiger partial charge is 0.492 e. The molecule has 0 saturated carbocycles. The molecule has 3 N–H and O–H groups in total. The number of hydrogen-bond donors (Lipinski definition) is 2. The Bertz CT molecular complexity index is 993. The number of nitrogens with two attached hydrogens (primary N) is 1. The van der Waals surface area contributed by atoms with E-state index in [9.17, 15) is 22.4 Å². The van der Waals surface area contributed by atoms with Gasteiger partial charge in [0, 0.05) is 0 Å². The van der Waals surface area contributed by atoms with Gasteiger partial charge in [-0.15, -0.1) is 0 Å². The second-order valence-corrected chi connectivity index (χ2v) is 7.21. The van der Waals surface area contributed by atoms with Crippen molar-refractivity contribution in [1.82, 2.24) is 0 Å². The number of hydrogen-bond acceptors (Lipinski definition) is 6. The van der Waals surface area contributed by atoms with Gasteiger partial charge >= 0.3 is 5.97 Å². The molecule has 0 aromatic heterocycles. The van der Waals surface area contributed by atoms with Gasteiger partial charge in [-0.1, -0.05) is 12.1 Å². The molecule has 28 heavy (non-hydrogen) atoms. The van der Waals surface area contributed by atoms with E-state index >= 15 is 0 Å². The van der Waals surface area contributed by atoms with Crippen LogP contribution in [-0.2, 0) is 19.6 Å². The van der Waals surface area contributed by atoms with E-state index in [0.29, 0.717) is 18.0 Å². The Morgan fingerprint density at radius 3 is 2.54 bits per heavy atom. The van der Waals surface area contributed by atoms with Crippen molar-refractivity contribution in [3.05, 3.63) is 53.8 Å². The molecule has 2 aromatic carbocycles. The van der Waals surface area contributed by atoms with Gasteiger partial charge in [-0.25, -0.2) is 22.7 Å². The van der Waals surface area contributed by atoms with Crippen LogP contribution in [0.2, 0.25) is 0 Å².